The van der Waals surface area contributed by atoms with Crippen LogP contribution in [-0.2, 0) is 9.53 Å². The molecule has 1 saturated heterocycles. The molecular weight excluding hydrogens is 382 g/mol. The van der Waals surface area contributed by atoms with Gasteiger partial charge in [0.25, 0.3) is 0 Å². The van der Waals surface area contributed by atoms with Gasteiger partial charge in [-0.3, -0.25) is 4.79 Å². The van der Waals surface area contributed by atoms with E-state index in [0.29, 0.717) is 12.3 Å². The fraction of sp³-hybridized carbons (Fsp3) is 0.304. The van der Waals surface area contributed by atoms with E-state index in [-0.39, 0.29) is 12.0 Å². The molecule has 2 N–H and O–H groups in total. The SMILES string of the molecule is Cc1ccc(-c2[nH]c(-c3ccccc3)nc2SCC(=O)NC[C@@H]2CCCO2)cc1. The van der Waals surface area contributed by atoms with Crippen molar-refractivity contribution in [2.45, 2.75) is 30.9 Å². The van der Waals surface area contributed by atoms with Crippen LogP contribution >= 0.6 is 11.8 Å². The summed E-state index contributed by atoms with van der Waals surface area (Å²) in [6, 6.07) is 18.4. The number of thioether (sulfide) groups is 1. The number of nitrogens with one attached hydrogen (secondary N) is 2. The molecule has 0 saturated carbocycles. The van der Waals surface area contributed by atoms with Crippen LogP contribution in [0.15, 0.2) is 59.6 Å². The number of rotatable bonds is 7. The number of nitrogens with zero attached hydrogens (tertiary/aromatic N) is 1. The van der Waals surface area contributed by atoms with Crippen LogP contribution in [0, 0.1) is 6.92 Å². The van der Waals surface area contributed by atoms with Gasteiger partial charge >= 0.3 is 0 Å². The molecule has 1 amide bonds. The molecular formula is C23H25N3O2S. The maximum absolute atomic E-state index is 12.3. The summed E-state index contributed by atoms with van der Waals surface area (Å²) in [5.41, 5.74) is 4.24. The third-order valence-corrected chi connectivity index (χ3v) is 5.92. The minimum atomic E-state index is 0.00428. The summed E-state index contributed by atoms with van der Waals surface area (Å²) in [6.07, 6.45) is 2.25. The molecule has 0 spiro atoms. The van der Waals surface area contributed by atoms with Crippen molar-refractivity contribution >= 4 is 17.7 Å². The first-order valence-corrected chi connectivity index (χ1v) is 10.9. The third-order valence-electron chi connectivity index (χ3n) is 4.95. The van der Waals surface area contributed by atoms with Gasteiger partial charge in [0, 0.05) is 24.3 Å². The van der Waals surface area contributed by atoms with Crippen molar-refractivity contribution in [3.05, 3.63) is 60.2 Å². The van der Waals surface area contributed by atoms with Gasteiger partial charge in [0.2, 0.25) is 5.91 Å². The molecule has 6 heteroatoms. The van der Waals surface area contributed by atoms with Crippen molar-refractivity contribution in [3.63, 3.8) is 0 Å². The normalized spacial score (nSPS) is 16.1. The zero-order valence-corrected chi connectivity index (χ0v) is 17.3. The van der Waals surface area contributed by atoms with E-state index in [0.717, 1.165) is 47.1 Å². The highest BCUT2D eigenvalue weighted by Gasteiger charge is 2.18. The lowest BCUT2D eigenvalue weighted by molar-refractivity contribution is -0.119. The smallest absolute Gasteiger partial charge is 0.230 e. The summed E-state index contributed by atoms with van der Waals surface area (Å²) in [5, 5.41) is 3.81. The number of hydrogen-bond acceptors (Lipinski definition) is 4. The molecule has 29 heavy (non-hydrogen) atoms. The fourth-order valence-electron chi connectivity index (χ4n) is 3.33. The average Bonchev–Trinajstić information content (AvgIpc) is 3.42. The van der Waals surface area contributed by atoms with Gasteiger partial charge in [-0.05, 0) is 19.8 Å². The van der Waals surface area contributed by atoms with Crippen LogP contribution < -0.4 is 5.32 Å². The number of H-pyrrole nitrogens is 1. The van der Waals surface area contributed by atoms with Gasteiger partial charge < -0.3 is 15.0 Å². The van der Waals surface area contributed by atoms with Crippen LogP contribution in [0.5, 0.6) is 0 Å². The molecule has 0 unspecified atom stereocenters. The predicted molar refractivity (Wildman–Crippen MR) is 117 cm³/mol. The Morgan fingerprint density at radius 2 is 1.97 bits per heavy atom. The summed E-state index contributed by atoms with van der Waals surface area (Å²) in [6.45, 7) is 3.45. The topological polar surface area (TPSA) is 67.0 Å². The molecule has 0 aliphatic carbocycles. The van der Waals surface area contributed by atoms with Gasteiger partial charge in [0.15, 0.2) is 0 Å². The van der Waals surface area contributed by atoms with E-state index >= 15 is 0 Å². The lowest BCUT2D eigenvalue weighted by Gasteiger charge is -2.10. The second-order valence-electron chi connectivity index (χ2n) is 7.23. The quantitative estimate of drug-likeness (QED) is 0.568. The molecule has 1 aliphatic rings. The first-order chi connectivity index (χ1) is 14.2. The Labute approximate surface area is 175 Å². The third kappa shape index (κ3) is 5.08. The summed E-state index contributed by atoms with van der Waals surface area (Å²) in [5.74, 6) is 1.14. The molecule has 0 bridgehead atoms. The molecule has 150 valence electrons. The largest absolute Gasteiger partial charge is 0.376 e. The monoisotopic (exact) mass is 407 g/mol. The lowest BCUT2D eigenvalue weighted by atomic mass is 10.1. The van der Waals surface area contributed by atoms with Crippen LogP contribution in [0.1, 0.15) is 18.4 Å². The maximum Gasteiger partial charge on any atom is 0.230 e. The summed E-state index contributed by atoms with van der Waals surface area (Å²) < 4.78 is 5.57. The Kier molecular flexibility index (Phi) is 6.32. The molecule has 1 aromatic heterocycles. The van der Waals surface area contributed by atoms with Crippen molar-refractivity contribution < 1.29 is 9.53 Å². The van der Waals surface area contributed by atoms with Crippen LogP contribution in [0.3, 0.4) is 0 Å². The van der Waals surface area contributed by atoms with Crippen LogP contribution in [0.2, 0.25) is 0 Å². The summed E-state index contributed by atoms with van der Waals surface area (Å²) in [4.78, 5) is 20.6. The highest BCUT2D eigenvalue weighted by atomic mass is 32.2. The Bertz CT molecular complexity index is 948. The molecule has 2 aromatic carbocycles. The van der Waals surface area contributed by atoms with Crippen molar-refractivity contribution in [2.24, 2.45) is 0 Å². The Morgan fingerprint density at radius 1 is 1.17 bits per heavy atom. The Hall–Kier alpha value is -2.57. The Morgan fingerprint density at radius 3 is 2.69 bits per heavy atom. The summed E-state index contributed by atoms with van der Waals surface area (Å²) in [7, 11) is 0. The van der Waals surface area contributed by atoms with Crippen molar-refractivity contribution in [1.29, 1.82) is 0 Å². The van der Waals surface area contributed by atoms with Crippen LogP contribution in [-0.4, -0.2) is 40.9 Å². The van der Waals surface area contributed by atoms with E-state index in [1.165, 1.54) is 17.3 Å². The number of aryl methyl sites for hydroxylation is 1. The number of hydrogen-bond donors (Lipinski definition) is 2. The molecule has 3 aromatic rings. The first-order valence-electron chi connectivity index (χ1n) is 9.92. The number of carbonyl (C=O) groups excluding carboxylic acids is 1. The van der Waals surface area contributed by atoms with E-state index in [2.05, 4.69) is 41.5 Å². The minimum absolute atomic E-state index is 0.00428. The van der Waals surface area contributed by atoms with Crippen LogP contribution in [0.25, 0.3) is 22.6 Å². The Balaban J connectivity index is 1.50. The van der Waals surface area contributed by atoms with E-state index in [9.17, 15) is 4.79 Å². The number of benzene rings is 2. The highest BCUT2D eigenvalue weighted by Crippen LogP contribution is 2.32. The van der Waals surface area contributed by atoms with Crippen molar-refractivity contribution in [3.8, 4) is 22.6 Å². The van der Waals surface area contributed by atoms with Gasteiger partial charge in [0.1, 0.15) is 10.9 Å². The van der Waals surface area contributed by atoms with Crippen molar-refractivity contribution in [1.82, 2.24) is 15.3 Å². The number of imidazole rings is 1. The van der Waals surface area contributed by atoms with Crippen LogP contribution in [0.4, 0.5) is 0 Å². The molecule has 1 aliphatic heterocycles. The standard InChI is InChI=1S/C23H25N3O2S/c1-16-9-11-17(12-10-16)21-23(26-22(25-21)18-6-3-2-4-7-18)29-15-20(27)24-14-19-8-5-13-28-19/h2-4,6-7,9-12,19H,5,8,13-15H2,1H3,(H,24,27)(H,25,26)/t19-/m0/s1. The second-order valence-corrected chi connectivity index (χ2v) is 8.19. The molecule has 0 radical (unpaired) electrons. The molecule has 5 nitrogen and oxygen atoms in total. The summed E-state index contributed by atoms with van der Waals surface area (Å²) >= 11 is 1.46. The number of aromatic nitrogens is 2. The van der Waals surface area contributed by atoms with E-state index in [4.69, 9.17) is 9.72 Å². The molecule has 2 heterocycles. The minimum Gasteiger partial charge on any atom is -0.376 e. The van der Waals surface area contributed by atoms with Gasteiger partial charge in [0.05, 0.1) is 17.6 Å². The van der Waals surface area contributed by atoms with Crippen molar-refractivity contribution in [2.75, 3.05) is 18.9 Å². The molecule has 4 rings (SSSR count). The average molecular weight is 408 g/mol. The number of aromatic amines is 1. The number of ether oxygens (including phenoxy) is 1. The predicted octanol–water partition coefficient (Wildman–Crippen LogP) is 4.44. The van der Waals surface area contributed by atoms with E-state index in [1.807, 2.05) is 30.3 Å². The fourth-order valence-corrected chi connectivity index (χ4v) is 4.17. The van der Waals surface area contributed by atoms with Gasteiger partial charge in [-0.1, -0.05) is 71.9 Å². The zero-order chi connectivity index (χ0) is 20.1. The second kappa shape index (κ2) is 9.29. The zero-order valence-electron chi connectivity index (χ0n) is 16.5. The van der Waals surface area contributed by atoms with Gasteiger partial charge in [-0.2, -0.15) is 0 Å². The lowest BCUT2D eigenvalue weighted by Crippen LogP contribution is -2.32. The van der Waals surface area contributed by atoms with E-state index < -0.39 is 0 Å². The van der Waals surface area contributed by atoms with E-state index in [1.54, 1.807) is 0 Å². The molecule has 1 fully saturated rings. The van der Waals surface area contributed by atoms with Gasteiger partial charge in [-0.25, -0.2) is 4.98 Å². The first kappa shape index (κ1) is 19.7. The van der Waals surface area contributed by atoms with Gasteiger partial charge in [-0.15, -0.1) is 0 Å². The maximum atomic E-state index is 12.3. The number of amides is 1. The molecule has 1 atom stereocenters. The number of carbonyl (C=O) groups is 1. The highest BCUT2D eigenvalue weighted by molar-refractivity contribution is 8.00.